The van der Waals surface area contributed by atoms with Crippen molar-refractivity contribution in [3.8, 4) is 11.5 Å². The molecule has 1 heterocycles. The fourth-order valence-electron chi connectivity index (χ4n) is 2.03. The van der Waals surface area contributed by atoms with E-state index in [0.29, 0.717) is 11.5 Å². The van der Waals surface area contributed by atoms with Crippen molar-refractivity contribution < 1.29 is 9.47 Å². The lowest BCUT2D eigenvalue weighted by Crippen LogP contribution is -2.17. The van der Waals surface area contributed by atoms with Crippen LogP contribution < -0.4 is 14.8 Å². The van der Waals surface area contributed by atoms with E-state index in [9.17, 15) is 0 Å². The van der Waals surface area contributed by atoms with E-state index in [1.165, 1.54) is 0 Å². The summed E-state index contributed by atoms with van der Waals surface area (Å²) in [4.78, 5) is 1.07. The van der Waals surface area contributed by atoms with Crippen molar-refractivity contribution in [2.45, 2.75) is 6.04 Å². The van der Waals surface area contributed by atoms with Crippen LogP contribution in [0.25, 0.3) is 0 Å². The molecule has 0 fully saturated rings. The molecular formula is C14H15BrClNO2S. The van der Waals surface area contributed by atoms with E-state index in [0.717, 1.165) is 19.9 Å². The summed E-state index contributed by atoms with van der Waals surface area (Å²) in [6, 6.07) is 5.76. The fourth-order valence-corrected chi connectivity index (χ4v) is 3.87. The molecular weight excluding hydrogens is 362 g/mol. The lowest BCUT2D eigenvalue weighted by Gasteiger charge is -2.19. The van der Waals surface area contributed by atoms with Crippen molar-refractivity contribution in [1.82, 2.24) is 5.32 Å². The number of hydrogen-bond donors (Lipinski definition) is 1. The van der Waals surface area contributed by atoms with Gasteiger partial charge in [0, 0.05) is 9.35 Å². The van der Waals surface area contributed by atoms with Crippen LogP contribution >= 0.6 is 38.9 Å². The van der Waals surface area contributed by atoms with Crippen LogP contribution in [0.3, 0.4) is 0 Å². The second-order valence-electron chi connectivity index (χ2n) is 4.08. The Labute approximate surface area is 136 Å². The van der Waals surface area contributed by atoms with Gasteiger partial charge in [0.15, 0.2) is 11.5 Å². The van der Waals surface area contributed by atoms with Gasteiger partial charge in [0.25, 0.3) is 0 Å². The van der Waals surface area contributed by atoms with Gasteiger partial charge in [-0.1, -0.05) is 27.5 Å². The van der Waals surface area contributed by atoms with Gasteiger partial charge in [-0.3, -0.25) is 0 Å². The molecule has 2 rings (SSSR count). The van der Waals surface area contributed by atoms with Gasteiger partial charge in [-0.25, -0.2) is 0 Å². The molecule has 0 aliphatic carbocycles. The zero-order valence-corrected chi connectivity index (χ0v) is 14.5. The molecule has 1 aromatic heterocycles. The lowest BCUT2D eigenvalue weighted by molar-refractivity contribution is 0.354. The van der Waals surface area contributed by atoms with E-state index in [1.807, 2.05) is 30.6 Å². The molecule has 1 N–H and O–H groups in total. The first-order valence-electron chi connectivity index (χ1n) is 5.94. The number of rotatable bonds is 5. The quantitative estimate of drug-likeness (QED) is 0.834. The maximum atomic E-state index is 6.25. The van der Waals surface area contributed by atoms with Crippen LogP contribution in [0.2, 0.25) is 5.02 Å². The van der Waals surface area contributed by atoms with Gasteiger partial charge in [0.05, 0.1) is 25.3 Å². The number of methoxy groups -OCH3 is 2. The highest BCUT2D eigenvalue weighted by Gasteiger charge is 2.21. The van der Waals surface area contributed by atoms with Gasteiger partial charge in [0.1, 0.15) is 0 Å². The standard InChI is InChI=1S/C14H15BrClNO2S/c1-17-13(14-10(16)4-5-20-14)8-6-11(18-2)12(19-3)7-9(8)15/h4-7,13,17H,1-3H3. The molecule has 0 aliphatic heterocycles. The maximum absolute atomic E-state index is 6.25. The summed E-state index contributed by atoms with van der Waals surface area (Å²) in [7, 11) is 5.15. The van der Waals surface area contributed by atoms with Gasteiger partial charge in [-0.2, -0.15) is 0 Å². The normalized spacial score (nSPS) is 12.2. The Morgan fingerprint density at radius 1 is 1.25 bits per heavy atom. The Kier molecular flexibility index (Phi) is 5.32. The van der Waals surface area contributed by atoms with E-state index in [4.69, 9.17) is 21.1 Å². The minimum absolute atomic E-state index is 0.00307. The van der Waals surface area contributed by atoms with Crippen LogP contribution in [0, 0.1) is 0 Å². The van der Waals surface area contributed by atoms with Gasteiger partial charge >= 0.3 is 0 Å². The molecule has 0 bridgehead atoms. The molecule has 3 nitrogen and oxygen atoms in total. The van der Waals surface area contributed by atoms with Crippen LogP contribution in [0.1, 0.15) is 16.5 Å². The van der Waals surface area contributed by atoms with Crippen molar-refractivity contribution in [3.63, 3.8) is 0 Å². The van der Waals surface area contributed by atoms with E-state index in [-0.39, 0.29) is 6.04 Å². The number of nitrogens with one attached hydrogen (secondary N) is 1. The Hall–Kier alpha value is -0.750. The first kappa shape index (κ1) is 15.6. The van der Waals surface area contributed by atoms with Crippen molar-refractivity contribution in [2.24, 2.45) is 0 Å². The maximum Gasteiger partial charge on any atom is 0.161 e. The molecule has 0 saturated carbocycles. The van der Waals surface area contributed by atoms with Gasteiger partial charge in [-0.05, 0) is 36.2 Å². The average Bonchev–Trinajstić information content (AvgIpc) is 2.87. The Balaban J connectivity index is 2.52. The molecule has 0 aliphatic rings. The van der Waals surface area contributed by atoms with E-state index >= 15 is 0 Å². The van der Waals surface area contributed by atoms with Gasteiger partial charge in [-0.15, -0.1) is 11.3 Å². The van der Waals surface area contributed by atoms with Gasteiger partial charge < -0.3 is 14.8 Å². The van der Waals surface area contributed by atoms with Crippen molar-refractivity contribution >= 4 is 38.9 Å². The molecule has 20 heavy (non-hydrogen) atoms. The predicted octanol–water partition coefficient (Wildman–Crippen LogP) is 4.49. The summed E-state index contributed by atoms with van der Waals surface area (Å²) in [5, 5.41) is 6.03. The first-order valence-corrected chi connectivity index (χ1v) is 7.99. The average molecular weight is 377 g/mol. The number of thiophene rings is 1. The second-order valence-corrected chi connectivity index (χ2v) is 6.29. The minimum Gasteiger partial charge on any atom is -0.493 e. The zero-order valence-electron chi connectivity index (χ0n) is 11.4. The Bertz CT molecular complexity index is 603. The highest BCUT2D eigenvalue weighted by atomic mass is 79.9. The largest absolute Gasteiger partial charge is 0.493 e. The smallest absolute Gasteiger partial charge is 0.161 e. The van der Waals surface area contributed by atoms with Crippen molar-refractivity contribution in [1.29, 1.82) is 0 Å². The van der Waals surface area contributed by atoms with E-state index < -0.39 is 0 Å². The molecule has 0 spiro atoms. The van der Waals surface area contributed by atoms with E-state index in [2.05, 4.69) is 21.2 Å². The summed E-state index contributed by atoms with van der Waals surface area (Å²) >= 11 is 11.5. The van der Waals surface area contributed by atoms with Gasteiger partial charge in [0.2, 0.25) is 0 Å². The number of halogens is 2. The minimum atomic E-state index is -0.00307. The molecule has 6 heteroatoms. The predicted molar refractivity (Wildman–Crippen MR) is 87.5 cm³/mol. The molecule has 0 radical (unpaired) electrons. The van der Waals surface area contributed by atoms with Crippen molar-refractivity contribution in [2.75, 3.05) is 21.3 Å². The second kappa shape index (κ2) is 6.80. The van der Waals surface area contributed by atoms with Crippen LogP contribution in [-0.2, 0) is 0 Å². The summed E-state index contributed by atoms with van der Waals surface area (Å²) in [6.07, 6.45) is 0. The molecule has 0 amide bonds. The summed E-state index contributed by atoms with van der Waals surface area (Å²) in [6.45, 7) is 0. The summed E-state index contributed by atoms with van der Waals surface area (Å²) < 4.78 is 11.6. The molecule has 1 unspecified atom stereocenters. The van der Waals surface area contributed by atoms with E-state index in [1.54, 1.807) is 25.6 Å². The lowest BCUT2D eigenvalue weighted by atomic mass is 10.0. The monoisotopic (exact) mass is 375 g/mol. The highest BCUT2D eigenvalue weighted by Crippen LogP contribution is 2.40. The third kappa shape index (κ3) is 2.96. The zero-order chi connectivity index (χ0) is 14.7. The van der Waals surface area contributed by atoms with Crippen LogP contribution in [0.4, 0.5) is 0 Å². The molecule has 1 aromatic carbocycles. The highest BCUT2D eigenvalue weighted by molar-refractivity contribution is 9.10. The fraction of sp³-hybridized carbons (Fsp3) is 0.286. The Morgan fingerprint density at radius 3 is 2.40 bits per heavy atom. The number of hydrogen-bond acceptors (Lipinski definition) is 4. The third-order valence-corrected chi connectivity index (χ3v) is 5.12. The number of benzene rings is 1. The van der Waals surface area contributed by atoms with Crippen LogP contribution in [0.15, 0.2) is 28.1 Å². The molecule has 2 aromatic rings. The summed E-state index contributed by atoms with van der Waals surface area (Å²) in [5.74, 6) is 1.38. The molecule has 108 valence electrons. The summed E-state index contributed by atoms with van der Waals surface area (Å²) in [5.41, 5.74) is 1.05. The van der Waals surface area contributed by atoms with Crippen LogP contribution in [-0.4, -0.2) is 21.3 Å². The topological polar surface area (TPSA) is 30.5 Å². The first-order chi connectivity index (χ1) is 9.62. The third-order valence-electron chi connectivity index (χ3n) is 3.01. The van der Waals surface area contributed by atoms with Crippen molar-refractivity contribution in [3.05, 3.63) is 43.5 Å². The SMILES string of the molecule is CNC(c1cc(OC)c(OC)cc1Br)c1sccc1Cl. The van der Waals surface area contributed by atoms with Crippen LogP contribution in [0.5, 0.6) is 11.5 Å². The number of ether oxygens (including phenoxy) is 2. The Morgan fingerprint density at radius 2 is 1.90 bits per heavy atom. The molecule has 0 saturated heterocycles. The molecule has 1 atom stereocenters.